The van der Waals surface area contributed by atoms with Gasteiger partial charge < -0.3 is 19.3 Å². The van der Waals surface area contributed by atoms with Crippen molar-refractivity contribution in [3.05, 3.63) is 66.6 Å². The number of carbonyl (C=O) groups is 1. The summed E-state index contributed by atoms with van der Waals surface area (Å²) in [5, 5.41) is 15.5. The van der Waals surface area contributed by atoms with E-state index in [1.54, 1.807) is 32.7 Å². The predicted molar refractivity (Wildman–Crippen MR) is 117 cm³/mol. The number of anilines is 1. The van der Waals surface area contributed by atoms with E-state index in [-0.39, 0.29) is 12.3 Å². The standard InChI is InChI=1S/C21H20N6O4S/c1-29-15-9-7-14(8-10-15)27-13-22-25-21(27)32-12-20-24-18(26-31-20)11-19(28)23-16-5-3-4-6-17(16)30-2/h3-10,13H,11-12H2,1-2H3,(H,23,28). The molecule has 32 heavy (non-hydrogen) atoms. The Hall–Kier alpha value is -3.86. The number of ether oxygens (including phenoxy) is 2. The number of nitrogens with one attached hydrogen (secondary N) is 1. The number of carbonyl (C=O) groups excluding carboxylic acids is 1. The Bertz CT molecular complexity index is 1190. The van der Waals surface area contributed by atoms with Crippen LogP contribution in [0.25, 0.3) is 5.69 Å². The quantitative estimate of drug-likeness (QED) is 0.382. The molecule has 2 aromatic heterocycles. The van der Waals surface area contributed by atoms with Crippen LogP contribution in [-0.4, -0.2) is 45.0 Å². The number of benzene rings is 2. The molecule has 0 spiro atoms. The maximum Gasteiger partial charge on any atom is 0.237 e. The first-order valence-electron chi connectivity index (χ1n) is 9.58. The van der Waals surface area contributed by atoms with Gasteiger partial charge in [0.05, 0.1) is 32.1 Å². The summed E-state index contributed by atoms with van der Waals surface area (Å²) in [6.07, 6.45) is 1.61. The summed E-state index contributed by atoms with van der Waals surface area (Å²) in [7, 11) is 3.17. The lowest BCUT2D eigenvalue weighted by molar-refractivity contribution is -0.115. The van der Waals surface area contributed by atoms with Gasteiger partial charge in [-0.2, -0.15) is 4.98 Å². The second-order valence-electron chi connectivity index (χ2n) is 6.50. The molecule has 164 valence electrons. The number of methoxy groups -OCH3 is 2. The van der Waals surface area contributed by atoms with Gasteiger partial charge in [-0.05, 0) is 36.4 Å². The average molecular weight is 452 g/mol. The highest BCUT2D eigenvalue weighted by Crippen LogP contribution is 2.25. The summed E-state index contributed by atoms with van der Waals surface area (Å²) < 4.78 is 17.5. The van der Waals surface area contributed by atoms with Gasteiger partial charge in [-0.25, -0.2) is 0 Å². The van der Waals surface area contributed by atoms with Crippen LogP contribution in [-0.2, 0) is 17.0 Å². The number of nitrogens with zero attached hydrogens (tertiary/aromatic N) is 5. The number of para-hydroxylation sites is 2. The highest BCUT2D eigenvalue weighted by atomic mass is 32.2. The molecule has 11 heteroatoms. The monoisotopic (exact) mass is 452 g/mol. The molecule has 0 aliphatic carbocycles. The maximum absolute atomic E-state index is 12.3. The van der Waals surface area contributed by atoms with Crippen molar-refractivity contribution in [3.63, 3.8) is 0 Å². The summed E-state index contributed by atoms with van der Waals surface area (Å²) in [6, 6.07) is 14.7. The van der Waals surface area contributed by atoms with Crippen LogP contribution in [0.5, 0.6) is 11.5 Å². The van der Waals surface area contributed by atoms with Gasteiger partial charge in [0.1, 0.15) is 17.8 Å². The maximum atomic E-state index is 12.3. The third-order valence-corrected chi connectivity index (χ3v) is 5.33. The van der Waals surface area contributed by atoms with E-state index in [9.17, 15) is 4.79 Å². The van der Waals surface area contributed by atoms with Gasteiger partial charge in [-0.3, -0.25) is 9.36 Å². The van der Waals surface area contributed by atoms with E-state index in [1.165, 1.54) is 11.8 Å². The van der Waals surface area contributed by atoms with E-state index in [2.05, 4.69) is 25.7 Å². The molecule has 0 saturated heterocycles. The summed E-state index contributed by atoms with van der Waals surface area (Å²) in [5.74, 6) is 2.14. The molecule has 0 saturated carbocycles. The number of amides is 1. The molecule has 1 N–H and O–H groups in total. The molecule has 1 amide bonds. The van der Waals surface area contributed by atoms with E-state index >= 15 is 0 Å². The minimum Gasteiger partial charge on any atom is -0.497 e. The smallest absolute Gasteiger partial charge is 0.237 e. The van der Waals surface area contributed by atoms with Crippen LogP contribution in [0.1, 0.15) is 11.7 Å². The topological polar surface area (TPSA) is 117 Å². The molecular formula is C21H20N6O4S. The van der Waals surface area contributed by atoms with Crippen LogP contribution in [0.2, 0.25) is 0 Å². The van der Waals surface area contributed by atoms with E-state index in [1.807, 2.05) is 41.0 Å². The predicted octanol–water partition coefficient (Wildman–Crippen LogP) is 3.14. The first-order valence-corrected chi connectivity index (χ1v) is 10.6. The van der Waals surface area contributed by atoms with Crippen molar-refractivity contribution in [2.75, 3.05) is 19.5 Å². The lowest BCUT2D eigenvalue weighted by Crippen LogP contribution is -2.15. The molecule has 0 aliphatic rings. The fraction of sp³-hybridized carbons (Fsp3) is 0.190. The van der Waals surface area contributed by atoms with Crippen molar-refractivity contribution in [1.29, 1.82) is 0 Å². The Morgan fingerprint density at radius 2 is 1.94 bits per heavy atom. The van der Waals surface area contributed by atoms with E-state index in [0.29, 0.717) is 34.1 Å². The zero-order chi connectivity index (χ0) is 22.3. The van der Waals surface area contributed by atoms with Gasteiger partial charge in [0.2, 0.25) is 11.8 Å². The van der Waals surface area contributed by atoms with Crippen molar-refractivity contribution < 1.29 is 18.8 Å². The Labute approximate surface area is 188 Å². The molecular weight excluding hydrogens is 432 g/mol. The van der Waals surface area contributed by atoms with Crippen molar-refractivity contribution in [2.24, 2.45) is 0 Å². The third-order valence-electron chi connectivity index (χ3n) is 4.40. The van der Waals surface area contributed by atoms with Crippen LogP contribution < -0.4 is 14.8 Å². The first-order chi connectivity index (χ1) is 15.7. The summed E-state index contributed by atoms with van der Waals surface area (Å²) in [6.45, 7) is 0. The highest BCUT2D eigenvalue weighted by molar-refractivity contribution is 7.98. The molecule has 4 rings (SSSR count). The number of aromatic nitrogens is 5. The van der Waals surface area contributed by atoms with E-state index < -0.39 is 0 Å². The molecule has 2 aromatic carbocycles. The van der Waals surface area contributed by atoms with Crippen LogP contribution >= 0.6 is 11.8 Å². The normalized spacial score (nSPS) is 10.7. The Kier molecular flexibility index (Phi) is 6.66. The zero-order valence-corrected chi connectivity index (χ0v) is 18.2. The molecule has 0 bridgehead atoms. The fourth-order valence-electron chi connectivity index (χ4n) is 2.88. The van der Waals surface area contributed by atoms with Gasteiger partial charge in [0.15, 0.2) is 11.0 Å². The second-order valence-corrected chi connectivity index (χ2v) is 7.44. The van der Waals surface area contributed by atoms with Crippen LogP contribution in [0.3, 0.4) is 0 Å². The molecule has 0 aliphatic heterocycles. The van der Waals surface area contributed by atoms with E-state index in [0.717, 1.165) is 11.4 Å². The highest BCUT2D eigenvalue weighted by Gasteiger charge is 2.15. The molecule has 10 nitrogen and oxygen atoms in total. The Morgan fingerprint density at radius 1 is 1.12 bits per heavy atom. The Balaban J connectivity index is 1.35. The van der Waals surface area contributed by atoms with Gasteiger partial charge >= 0.3 is 0 Å². The SMILES string of the molecule is COc1ccc(-n2cnnc2SCc2nc(CC(=O)Nc3ccccc3OC)no2)cc1. The molecule has 0 unspecified atom stereocenters. The fourth-order valence-corrected chi connectivity index (χ4v) is 3.64. The minimum atomic E-state index is -0.270. The number of hydrogen-bond donors (Lipinski definition) is 1. The van der Waals surface area contributed by atoms with E-state index in [4.69, 9.17) is 14.0 Å². The lowest BCUT2D eigenvalue weighted by atomic mass is 10.2. The van der Waals surface area contributed by atoms with Crippen LogP contribution in [0.15, 0.2) is 64.5 Å². The zero-order valence-electron chi connectivity index (χ0n) is 17.4. The molecule has 4 aromatic rings. The Morgan fingerprint density at radius 3 is 2.72 bits per heavy atom. The second kappa shape index (κ2) is 9.96. The first kappa shape index (κ1) is 21.4. The molecule has 2 heterocycles. The average Bonchev–Trinajstić information content (AvgIpc) is 3.47. The molecule has 0 radical (unpaired) electrons. The van der Waals surface area contributed by atoms with Gasteiger partial charge in [0.25, 0.3) is 0 Å². The third kappa shape index (κ3) is 5.06. The molecule has 0 atom stereocenters. The van der Waals surface area contributed by atoms with Gasteiger partial charge in [0, 0.05) is 5.69 Å². The van der Waals surface area contributed by atoms with Crippen molar-refractivity contribution in [1.82, 2.24) is 24.9 Å². The van der Waals surface area contributed by atoms with Crippen molar-refractivity contribution in [3.8, 4) is 17.2 Å². The number of rotatable bonds is 9. The summed E-state index contributed by atoms with van der Waals surface area (Å²) in [4.78, 5) is 16.6. The lowest BCUT2D eigenvalue weighted by Gasteiger charge is -2.08. The van der Waals surface area contributed by atoms with Crippen molar-refractivity contribution >= 4 is 23.4 Å². The molecule has 0 fully saturated rings. The minimum absolute atomic E-state index is 0.0196. The number of thioether (sulfide) groups is 1. The van der Waals surface area contributed by atoms with Gasteiger partial charge in [-0.15, -0.1) is 10.2 Å². The summed E-state index contributed by atoms with van der Waals surface area (Å²) in [5.41, 5.74) is 1.48. The van der Waals surface area contributed by atoms with Crippen LogP contribution in [0.4, 0.5) is 5.69 Å². The van der Waals surface area contributed by atoms with Gasteiger partial charge in [-0.1, -0.05) is 29.1 Å². The summed E-state index contributed by atoms with van der Waals surface area (Å²) >= 11 is 1.40. The largest absolute Gasteiger partial charge is 0.497 e. The van der Waals surface area contributed by atoms with Crippen molar-refractivity contribution in [2.45, 2.75) is 17.3 Å². The number of hydrogen-bond acceptors (Lipinski definition) is 9. The van der Waals surface area contributed by atoms with Crippen LogP contribution in [0, 0.1) is 0 Å².